The van der Waals surface area contributed by atoms with Crippen molar-refractivity contribution < 1.29 is 19.4 Å². The topological polar surface area (TPSA) is 79.7 Å². The summed E-state index contributed by atoms with van der Waals surface area (Å²) in [6.07, 6.45) is 3.14. The summed E-state index contributed by atoms with van der Waals surface area (Å²) >= 11 is 6.06. The van der Waals surface area contributed by atoms with Crippen LogP contribution in [0, 0.1) is 5.41 Å². The van der Waals surface area contributed by atoms with Gasteiger partial charge in [0.2, 0.25) is 0 Å². The third-order valence-corrected chi connectivity index (χ3v) is 4.22. The van der Waals surface area contributed by atoms with E-state index in [9.17, 15) is 14.7 Å². The summed E-state index contributed by atoms with van der Waals surface area (Å²) in [6, 6.07) is 10.2. The number of hydrogen-bond acceptors (Lipinski definition) is 4. The van der Waals surface area contributed by atoms with E-state index in [-0.39, 0.29) is 12.3 Å². The normalized spacial score (nSPS) is 15.6. The zero-order chi connectivity index (χ0) is 18.9. The number of pyridine rings is 1. The van der Waals surface area contributed by atoms with Crippen molar-refractivity contribution in [2.24, 2.45) is 5.41 Å². The molecule has 2 heterocycles. The first-order valence-corrected chi connectivity index (χ1v) is 8.31. The van der Waals surface area contributed by atoms with E-state index in [0.29, 0.717) is 22.2 Å². The molecule has 1 aliphatic heterocycles. The molecule has 0 radical (unpaired) electrons. The Morgan fingerprint density at radius 2 is 2.12 bits per heavy atom. The number of carbonyl (C=O) groups is 2. The van der Waals surface area contributed by atoms with Crippen LogP contribution in [-0.2, 0) is 9.59 Å². The predicted molar refractivity (Wildman–Crippen MR) is 98.1 cm³/mol. The summed E-state index contributed by atoms with van der Waals surface area (Å²) in [5, 5.41) is 9.87. The van der Waals surface area contributed by atoms with Gasteiger partial charge in [-0.05, 0) is 44.2 Å². The molecule has 2 aromatic rings. The molecule has 6 nitrogen and oxygen atoms in total. The maximum atomic E-state index is 13.0. The molecule has 0 unspecified atom stereocenters. The Bertz CT molecular complexity index is 894. The molecule has 0 fully saturated rings. The van der Waals surface area contributed by atoms with Crippen molar-refractivity contribution in [3.05, 3.63) is 59.1 Å². The van der Waals surface area contributed by atoms with Gasteiger partial charge in [0.05, 0.1) is 16.8 Å². The van der Waals surface area contributed by atoms with Crippen molar-refractivity contribution in [1.82, 2.24) is 4.98 Å². The number of carboxylic acids is 1. The standard InChI is InChI=1S/C19H17ClN2O4/c1-19(2,18(24)25)11-22-14-9-12(20)6-7-15(14)26-16(17(22)23)10-13-5-3-4-8-21-13/h3-10H,11H2,1-2H3,(H,24,25)/b16-10+. The van der Waals surface area contributed by atoms with Crippen LogP contribution in [0.2, 0.25) is 5.02 Å². The van der Waals surface area contributed by atoms with E-state index < -0.39 is 17.3 Å². The minimum atomic E-state index is -1.15. The van der Waals surface area contributed by atoms with Gasteiger partial charge in [0, 0.05) is 23.8 Å². The fourth-order valence-corrected chi connectivity index (χ4v) is 2.67. The van der Waals surface area contributed by atoms with E-state index >= 15 is 0 Å². The van der Waals surface area contributed by atoms with Gasteiger partial charge in [0.15, 0.2) is 11.5 Å². The number of aromatic nitrogens is 1. The maximum absolute atomic E-state index is 13.0. The quantitative estimate of drug-likeness (QED) is 0.829. The highest BCUT2D eigenvalue weighted by atomic mass is 35.5. The zero-order valence-corrected chi connectivity index (χ0v) is 15.0. The van der Waals surface area contributed by atoms with Gasteiger partial charge in [-0.2, -0.15) is 0 Å². The van der Waals surface area contributed by atoms with Crippen molar-refractivity contribution in [2.45, 2.75) is 13.8 Å². The van der Waals surface area contributed by atoms with Crippen molar-refractivity contribution in [3.63, 3.8) is 0 Å². The molecule has 1 N–H and O–H groups in total. The molecule has 0 saturated carbocycles. The summed E-state index contributed by atoms with van der Waals surface area (Å²) < 4.78 is 5.73. The van der Waals surface area contributed by atoms with Crippen LogP contribution in [0.3, 0.4) is 0 Å². The maximum Gasteiger partial charge on any atom is 0.310 e. The minimum Gasteiger partial charge on any atom is -0.481 e. The molecular weight excluding hydrogens is 356 g/mol. The van der Waals surface area contributed by atoms with Gasteiger partial charge in [-0.15, -0.1) is 0 Å². The highest BCUT2D eigenvalue weighted by Crippen LogP contribution is 2.39. The van der Waals surface area contributed by atoms with E-state index in [0.717, 1.165) is 0 Å². The monoisotopic (exact) mass is 372 g/mol. The van der Waals surface area contributed by atoms with Gasteiger partial charge in [-0.3, -0.25) is 14.6 Å². The van der Waals surface area contributed by atoms with Crippen LogP contribution in [-0.4, -0.2) is 28.5 Å². The molecule has 1 amide bonds. The second kappa shape index (κ2) is 6.80. The van der Waals surface area contributed by atoms with Gasteiger partial charge >= 0.3 is 5.97 Å². The molecule has 134 valence electrons. The summed E-state index contributed by atoms with van der Waals surface area (Å²) in [5.74, 6) is -0.951. The van der Waals surface area contributed by atoms with Gasteiger partial charge in [0.25, 0.3) is 5.91 Å². The first-order chi connectivity index (χ1) is 12.3. The lowest BCUT2D eigenvalue weighted by molar-refractivity contribution is -0.146. The Kier molecular flexibility index (Phi) is 4.70. The lowest BCUT2D eigenvalue weighted by Gasteiger charge is -2.34. The first kappa shape index (κ1) is 17.9. The molecule has 0 bridgehead atoms. The van der Waals surface area contributed by atoms with E-state index in [1.54, 1.807) is 56.4 Å². The summed E-state index contributed by atoms with van der Waals surface area (Å²) in [7, 11) is 0. The van der Waals surface area contributed by atoms with Crippen molar-refractivity contribution in [1.29, 1.82) is 0 Å². The number of aliphatic carboxylic acids is 1. The number of halogens is 1. The molecule has 3 rings (SSSR count). The number of hydrogen-bond donors (Lipinski definition) is 1. The minimum absolute atomic E-state index is 0.0303. The fraction of sp³-hybridized carbons (Fsp3) is 0.211. The van der Waals surface area contributed by atoms with Crippen LogP contribution in [0.25, 0.3) is 6.08 Å². The molecule has 1 aromatic carbocycles. The van der Waals surface area contributed by atoms with E-state index in [4.69, 9.17) is 16.3 Å². The number of anilines is 1. The molecule has 0 spiro atoms. The number of amides is 1. The molecule has 1 aromatic heterocycles. The van der Waals surface area contributed by atoms with Crippen molar-refractivity contribution >= 4 is 35.2 Å². The van der Waals surface area contributed by atoms with Crippen LogP contribution >= 0.6 is 11.6 Å². The lowest BCUT2D eigenvalue weighted by atomic mass is 9.92. The van der Waals surface area contributed by atoms with E-state index in [1.165, 1.54) is 11.0 Å². The van der Waals surface area contributed by atoms with Gasteiger partial charge in [-0.25, -0.2) is 0 Å². The van der Waals surface area contributed by atoms with E-state index in [2.05, 4.69) is 4.98 Å². The summed E-state index contributed by atoms with van der Waals surface area (Å²) in [6.45, 7) is 3.09. The summed E-state index contributed by atoms with van der Waals surface area (Å²) in [5.41, 5.74) is -0.149. The highest BCUT2D eigenvalue weighted by Gasteiger charge is 2.37. The van der Waals surface area contributed by atoms with Gasteiger partial charge in [0.1, 0.15) is 0 Å². The number of ether oxygens (including phenoxy) is 1. The molecule has 1 aliphatic rings. The van der Waals surface area contributed by atoms with Crippen LogP contribution in [0.5, 0.6) is 5.75 Å². The number of rotatable bonds is 4. The van der Waals surface area contributed by atoms with Crippen LogP contribution in [0.15, 0.2) is 48.4 Å². The number of nitrogens with zero attached hydrogens (tertiary/aromatic N) is 2. The third kappa shape index (κ3) is 3.55. The number of fused-ring (bicyclic) bond motifs is 1. The van der Waals surface area contributed by atoms with Crippen molar-refractivity contribution in [2.75, 3.05) is 11.4 Å². The Hall–Kier alpha value is -2.86. The number of benzene rings is 1. The molecule has 7 heteroatoms. The highest BCUT2D eigenvalue weighted by molar-refractivity contribution is 6.31. The second-order valence-electron chi connectivity index (χ2n) is 6.56. The zero-order valence-electron chi connectivity index (χ0n) is 14.3. The molecule has 0 saturated heterocycles. The van der Waals surface area contributed by atoms with Crippen LogP contribution in [0.4, 0.5) is 5.69 Å². The number of carbonyl (C=O) groups excluding carboxylic acids is 1. The fourth-order valence-electron chi connectivity index (χ4n) is 2.50. The molecular formula is C19H17ClN2O4. The summed E-state index contributed by atoms with van der Waals surface area (Å²) in [4.78, 5) is 30.1. The van der Waals surface area contributed by atoms with E-state index in [1.807, 2.05) is 0 Å². The Balaban J connectivity index is 2.06. The number of carboxylic acid groups (broad SMARTS) is 1. The third-order valence-electron chi connectivity index (χ3n) is 3.99. The first-order valence-electron chi connectivity index (χ1n) is 7.93. The second-order valence-corrected chi connectivity index (χ2v) is 6.99. The van der Waals surface area contributed by atoms with Gasteiger partial charge < -0.3 is 14.7 Å². The smallest absolute Gasteiger partial charge is 0.310 e. The van der Waals surface area contributed by atoms with Gasteiger partial charge in [-0.1, -0.05) is 17.7 Å². The Morgan fingerprint density at radius 3 is 2.77 bits per heavy atom. The molecule has 0 aliphatic carbocycles. The van der Waals surface area contributed by atoms with Crippen LogP contribution in [0.1, 0.15) is 19.5 Å². The largest absolute Gasteiger partial charge is 0.481 e. The molecule has 26 heavy (non-hydrogen) atoms. The Morgan fingerprint density at radius 1 is 1.35 bits per heavy atom. The van der Waals surface area contributed by atoms with Crippen LogP contribution < -0.4 is 9.64 Å². The van der Waals surface area contributed by atoms with Crippen molar-refractivity contribution in [3.8, 4) is 5.75 Å². The lowest BCUT2D eigenvalue weighted by Crippen LogP contribution is -2.45. The Labute approximate surface area is 155 Å². The predicted octanol–water partition coefficient (Wildman–Crippen LogP) is 3.61. The average Bonchev–Trinajstić information content (AvgIpc) is 2.60. The average molecular weight is 373 g/mol. The SMILES string of the molecule is CC(C)(CN1C(=O)/C(=C\c2ccccn2)Oc2ccc(Cl)cc21)C(=O)O. The molecule has 0 atom stereocenters.